The van der Waals surface area contributed by atoms with Crippen molar-refractivity contribution in [3.63, 3.8) is 0 Å². The van der Waals surface area contributed by atoms with Crippen LogP contribution in [0.2, 0.25) is 0 Å². The summed E-state index contributed by atoms with van der Waals surface area (Å²) in [5, 5.41) is 56.7. The summed E-state index contributed by atoms with van der Waals surface area (Å²) in [4.78, 5) is 33.2. The predicted molar refractivity (Wildman–Crippen MR) is 105 cm³/mol. The van der Waals surface area contributed by atoms with Crippen LogP contribution in [0.1, 0.15) is 6.42 Å². The van der Waals surface area contributed by atoms with Crippen molar-refractivity contribution >= 4 is 55.1 Å². The normalized spacial score (nSPS) is 33.5. The molecule has 3 unspecified atom stereocenters. The van der Waals surface area contributed by atoms with E-state index in [1.54, 1.807) is 0 Å². The molecule has 8 N–H and O–H groups in total. The monoisotopic (exact) mass is 485 g/mol. The Balaban J connectivity index is 0. The average Bonchev–Trinajstić information content (AvgIpc) is 2.95. The maximum absolute atomic E-state index is 11.6. The maximum Gasteiger partial charge on any atom is 0.323 e. The minimum absolute atomic E-state index is 0. The molecule has 7 atom stereocenters. The van der Waals surface area contributed by atoms with Gasteiger partial charge < -0.3 is 30.3 Å². The Labute approximate surface area is 184 Å². The molecule has 0 amide bonds. The topological polar surface area (TPSA) is 198 Å². The van der Waals surface area contributed by atoms with Crippen molar-refractivity contribution in [2.45, 2.75) is 48.9 Å². The Bertz CT molecular complexity index is 528. The van der Waals surface area contributed by atoms with Gasteiger partial charge in [0.1, 0.15) is 6.04 Å². The fourth-order valence-corrected chi connectivity index (χ4v) is 3.25. The molecule has 1 saturated carbocycles. The lowest BCUT2D eigenvalue weighted by Crippen LogP contribution is -2.74. The van der Waals surface area contributed by atoms with Crippen LogP contribution >= 0.6 is 37.2 Å². The second-order valence-corrected chi connectivity index (χ2v) is 6.27. The van der Waals surface area contributed by atoms with E-state index < -0.39 is 73.5 Å². The molecule has 1 aliphatic heterocycles. The lowest BCUT2D eigenvalue weighted by molar-refractivity contribution is -0.141. The molecule has 1 heterocycles. The van der Waals surface area contributed by atoms with Crippen LogP contribution in [0.5, 0.6) is 0 Å². The van der Waals surface area contributed by atoms with Crippen LogP contribution in [0, 0.1) is 0 Å². The lowest BCUT2D eigenvalue weighted by atomic mass is 9.79. The van der Waals surface area contributed by atoms with Gasteiger partial charge in [-0.15, -0.1) is 37.2 Å². The predicted octanol–water partition coefficient (Wildman–Crippen LogP) is -3.29. The number of esters is 1. The van der Waals surface area contributed by atoms with Crippen molar-refractivity contribution in [1.82, 2.24) is 16.0 Å². The number of aliphatic hydroxyl groups excluding tert-OH is 3. The third-order valence-corrected chi connectivity index (χ3v) is 4.51. The Morgan fingerprint density at radius 2 is 1.28 bits per heavy atom. The first kappa shape index (κ1) is 30.2. The summed E-state index contributed by atoms with van der Waals surface area (Å²) in [5.41, 5.74) is 0. The molecular weight excluding hydrogens is 461 g/mol. The van der Waals surface area contributed by atoms with Crippen molar-refractivity contribution in [2.75, 3.05) is 19.7 Å². The van der Waals surface area contributed by atoms with Crippen LogP contribution < -0.4 is 16.0 Å². The van der Waals surface area contributed by atoms with Crippen LogP contribution in [0.4, 0.5) is 0 Å². The molecule has 0 aromatic carbocycles. The molecule has 0 bridgehead atoms. The molecule has 172 valence electrons. The number of cyclic esters (lactones) is 1. The highest BCUT2D eigenvalue weighted by Crippen LogP contribution is 2.23. The number of nitrogens with one attached hydrogen (secondary N) is 3. The van der Waals surface area contributed by atoms with E-state index in [1.807, 2.05) is 0 Å². The number of carboxylic acid groups (broad SMARTS) is 2. The number of ether oxygens (including phenoxy) is 1. The van der Waals surface area contributed by atoms with E-state index >= 15 is 0 Å². The van der Waals surface area contributed by atoms with Gasteiger partial charge >= 0.3 is 17.9 Å². The van der Waals surface area contributed by atoms with Crippen molar-refractivity contribution in [2.24, 2.45) is 0 Å². The molecule has 1 aliphatic carbocycles. The fourth-order valence-electron chi connectivity index (χ4n) is 3.25. The Morgan fingerprint density at radius 1 is 0.862 bits per heavy atom. The van der Waals surface area contributed by atoms with E-state index in [-0.39, 0.29) is 43.8 Å². The molecule has 1 saturated heterocycles. The van der Waals surface area contributed by atoms with Gasteiger partial charge in [-0.05, 0) is 0 Å². The van der Waals surface area contributed by atoms with E-state index in [0.717, 1.165) is 0 Å². The first-order valence-corrected chi connectivity index (χ1v) is 8.09. The van der Waals surface area contributed by atoms with Gasteiger partial charge in [-0.2, -0.15) is 0 Å². The van der Waals surface area contributed by atoms with Gasteiger partial charge in [0, 0.05) is 6.42 Å². The van der Waals surface area contributed by atoms with E-state index in [4.69, 9.17) is 14.9 Å². The summed E-state index contributed by atoms with van der Waals surface area (Å²) in [6, 6.07) is -4.28. The zero-order valence-corrected chi connectivity index (χ0v) is 17.4. The summed E-state index contributed by atoms with van der Waals surface area (Å²) < 4.78 is 4.81. The number of aliphatic carboxylic acids is 2. The fraction of sp³-hybridized carbons (Fsp3) is 0.786. The van der Waals surface area contributed by atoms with Crippen LogP contribution in [0.3, 0.4) is 0 Å². The molecule has 0 aromatic rings. The van der Waals surface area contributed by atoms with Gasteiger partial charge in [-0.25, -0.2) is 0 Å². The summed E-state index contributed by atoms with van der Waals surface area (Å²) in [5.74, 6) is -3.01. The number of carbonyl (C=O) groups is 3. The Hall–Kier alpha value is -0.960. The molecule has 0 aromatic heterocycles. The molecule has 15 heteroatoms. The van der Waals surface area contributed by atoms with Gasteiger partial charge in [0.25, 0.3) is 0 Å². The largest absolute Gasteiger partial charge is 0.480 e. The molecule has 2 fully saturated rings. The quantitative estimate of drug-likeness (QED) is 0.159. The third-order valence-electron chi connectivity index (χ3n) is 4.51. The Kier molecular flexibility index (Phi) is 13.9. The maximum atomic E-state index is 11.6. The van der Waals surface area contributed by atoms with Crippen molar-refractivity contribution in [3.8, 4) is 0 Å². The van der Waals surface area contributed by atoms with Crippen LogP contribution in [-0.4, -0.2) is 106 Å². The third kappa shape index (κ3) is 7.66. The standard InChI is InChI=1S/C14H23N3O9.3ClH/c18-6(19)3-15-8-11(22)9(16-4-7(20)21)13(24)10(12(8)23)17-5-1-2-26-14(5)25;;;/h5,8-13,15-17,22-24H,1-4H2,(H,18,19)(H,20,21);3*1H/t5?,8-,9+,10?,11?,12-,13+;;;. The van der Waals surface area contributed by atoms with Gasteiger partial charge in [-0.3, -0.25) is 30.3 Å². The first-order valence-electron chi connectivity index (χ1n) is 8.09. The number of halogens is 3. The number of carboxylic acids is 2. The van der Waals surface area contributed by atoms with Gasteiger partial charge in [-0.1, -0.05) is 0 Å². The average molecular weight is 487 g/mol. The Morgan fingerprint density at radius 3 is 1.62 bits per heavy atom. The summed E-state index contributed by atoms with van der Waals surface area (Å²) >= 11 is 0. The van der Waals surface area contributed by atoms with Crippen molar-refractivity contribution < 1.29 is 44.7 Å². The molecule has 12 nitrogen and oxygen atoms in total. The number of rotatable bonds is 8. The van der Waals surface area contributed by atoms with Gasteiger partial charge in [0.15, 0.2) is 0 Å². The lowest BCUT2D eigenvalue weighted by Gasteiger charge is -2.47. The molecule has 0 spiro atoms. The van der Waals surface area contributed by atoms with Crippen molar-refractivity contribution in [1.29, 1.82) is 0 Å². The number of hydrogen-bond acceptors (Lipinski definition) is 10. The summed E-state index contributed by atoms with van der Waals surface area (Å²) in [7, 11) is 0. The van der Waals surface area contributed by atoms with Crippen LogP contribution in [-0.2, 0) is 19.1 Å². The van der Waals surface area contributed by atoms with Crippen LogP contribution in [0.15, 0.2) is 0 Å². The van der Waals surface area contributed by atoms with E-state index in [0.29, 0.717) is 6.42 Å². The first-order chi connectivity index (χ1) is 12.2. The zero-order chi connectivity index (χ0) is 19.4. The van der Waals surface area contributed by atoms with Crippen LogP contribution in [0.25, 0.3) is 0 Å². The van der Waals surface area contributed by atoms with Crippen molar-refractivity contribution in [3.05, 3.63) is 0 Å². The number of hydrogen-bond donors (Lipinski definition) is 8. The second kappa shape index (κ2) is 13.4. The summed E-state index contributed by atoms with van der Waals surface area (Å²) in [6.07, 6.45) is -4.06. The highest BCUT2D eigenvalue weighted by molar-refractivity contribution is 5.86. The second-order valence-electron chi connectivity index (χ2n) is 6.27. The minimum atomic E-state index is -1.48. The molecule has 2 rings (SSSR count). The molecule has 29 heavy (non-hydrogen) atoms. The molecule has 0 radical (unpaired) electrons. The number of aliphatic hydroxyl groups is 3. The zero-order valence-electron chi connectivity index (χ0n) is 15.0. The highest BCUT2D eigenvalue weighted by Gasteiger charge is 2.50. The minimum Gasteiger partial charge on any atom is -0.480 e. The van der Waals surface area contributed by atoms with Gasteiger partial charge in [0.2, 0.25) is 0 Å². The van der Waals surface area contributed by atoms with E-state index in [2.05, 4.69) is 16.0 Å². The smallest absolute Gasteiger partial charge is 0.323 e. The SMILES string of the molecule is Cl.Cl.Cl.O=C(O)CN[C@@H]1C(O)[C@H](NCC(=O)O)[C@H](O)C(NC2CCOC2=O)[C@@H]1O. The summed E-state index contributed by atoms with van der Waals surface area (Å²) in [6.45, 7) is -0.961. The molecule has 2 aliphatic rings. The van der Waals surface area contributed by atoms with E-state index in [9.17, 15) is 29.7 Å². The van der Waals surface area contributed by atoms with E-state index in [1.165, 1.54) is 0 Å². The molecular formula is C14H26Cl3N3O9. The highest BCUT2D eigenvalue weighted by atomic mass is 35.5. The van der Waals surface area contributed by atoms with Gasteiger partial charge in [0.05, 0.1) is 56.1 Å². The number of carbonyl (C=O) groups excluding carboxylic acids is 1.